The fraction of sp³-hybridized carbons (Fsp3) is 0.333. The smallest absolute Gasteiger partial charge is 0.139 e. The van der Waals surface area contributed by atoms with Gasteiger partial charge in [-0.25, -0.2) is 4.99 Å². The summed E-state index contributed by atoms with van der Waals surface area (Å²) in [5.74, 6) is 1.60. The first-order valence-corrected chi connectivity index (χ1v) is 8.28. The molecule has 0 saturated heterocycles. The van der Waals surface area contributed by atoms with Crippen LogP contribution in [0, 0.1) is 11.3 Å². The zero-order valence-electron chi connectivity index (χ0n) is 13.9. The van der Waals surface area contributed by atoms with Gasteiger partial charge in [0.15, 0.2) is 0 Å². The second-order valence-electron chi connectivity index (χ2n) is 5.96. The van der Waals surface area contributed by atoms with Gasteiger partial charge in [-0.1, -0.05) is 24.6 Å². The number of ether oxygens (including phenoxy) is 1. The van der Waals surface area contributed by atoms with Crippen molar-refractivity contribution in [2.45, 2.75) is 26.3 Å². The van der Waals surface area contributed by atoms with Crippen LogP contribution >= 0.6 is 11.6 Å². The molecule has 5 nitrogen and oxygen atoms in total. The number of allylic oxidation sites excluding steroid dienone is 2. The van der Waals surface area contributed by atoms with Crippen molar-refractivity contribution in [3.05, 3.63) is 46.9 Å². The molecule has 0 radical (unpaired) electrons. The van der Waals surface area contributed by atoms with E-state index in [0.717, 1.165) is 12.0 Å². The standard InChI is InChI=1S/C18H23ClN4O/c1-12(8-13(2)21)11-24-17-5-4-14(9-16(17)19)15(10-20)18-22-6-3-7-23-18/h3-7,9-10,12-13,20,22H,8,11,21H2,1-2H3/b18-15-,20-10?. The van der Waals surface area contributed by atoms with E-state index < -0.39 is 0 Å². The van der Waals surface area contributed by atoms with Gasteiger partial charge < -0.3 is 21.2 Å². The Balaban J connectivity index is 2.13. The van der Waals surface area contributed by atoms with Crippen LogP contribution < -0.4 is 15.8 Å². The molecule has 0 saturated carbocycles. The fourth-order valence-electron chi connectivity index (χ4n) is 2.48. The van der Waals surface area contributed by atoms with Gasteiger partial charge in [-0.15, -0.1) is 0 Å². The van der Waals surface area contributed by atoms with Gasteiger partial charge in [0, 0.05) is 30.2 Å². The number of nitrogens with two attached hydrogens (primary N) is 1. The van der Waals surface area contributed by atoms with Gasteiger partial charge in [-0.2, -0.15) is 0 Å². The van der Waals surface area contributed by atoms with Gasteiger partial charge in [0.1, 0.15) is 11.6 Å². The zero-order valence-corrected chi connectivity index (χ0v) is 14.7. The van der Waals surface area contributed by atoms with Crippen LogP contribution in [-0.2, 0) is 0 Å². The van der Waals surface area contributed by atoms with E-state index in [4.69, 9.17) is 27.5 Å². The Bertz CT molecular complexity index is 680. The number of aliphatic imine (C=N–C) groups is 1. The average Bonchev–Trinajstić information content (AvgIpc) is 2.55. The van der Waals surface area contributed by atoms with Crippen LogP contribution in [0.4, 0.5) is 0 Å². The second-order valence-corrected chi connectivity index (χ2v) is 6.37. The van der Waals surface area contributed by atoms with Gasteiger partial charge in [-0.3, -0.25) is 0 Å². The molecule has 0 aromatic heterocycles. The summed E-state index contributed by atoms with van der Waals surface area (Å²) in [6.07, 6.45) is 7.39. The summed E-state index contributed by atoms with van der Waals surface area (Å²) in [6, 6.07) is 5.64. The second kappa shape index (κ2) is 8.66. The van der Waals surface area contributed by atoms with Crippen LogP contribution in [0.1, 0.15) is 25.8 Å². The van der Waals surface area contributed by atoms with Gasteiger partial charge in [0.05, 0.1) is 11.6 Å². The summed E-state index contributed by atoms with van der Waals surface area (Å²) >= 11 is 6.34. The number of nitrogens with zero attached hydrogens (tertiary/aromatic N) is 1. The molecule has 0 amide bonds. The van der Waals surface area contributed by atoms with Crippen molar-refractivity contribution in [3.63, 3.8) is 0 Å². The number of hydrogen-bond acceptors (Lipinski definition) is 5. The molecule has 128 valence electrons. The lowest BCUT2D eigenvalue weighted by Crippen LogP contribution is -2.21. The van der Waals surface area contributed by atoms with Gasteiger partial charge in [0.25, 0.3) is 0 Å². The van der Waals surface area contributed by atoms with E-state index in [-0.39, 0.29) is 6.04 Å². The van der Waals surface area contributed by atoms with E-state index in [0.29, 0.717) is 34.7 Å². The first-order valence-electron chi connectivity index (χ1n) is 7.90. The maximum atomic E-state index is 7.65. The molecule has 0 aliphatic carbocycles. The van der Waals surface area contributed by atoms with Crippen molar-refractivity contribution < 1.29 is 4.74 Å². The molecule has 2 atom stereocenters. The number of benzene rings is 1. The molecule has 0 spiro atoms. The van der Waals surface area contributed by atoms with E-state index >= 15 is 0 Å². The topological polar surface area (TPSA) is 83.5 Å². The van der Waals surface area contributed by atoms with E-state index in [9.17, 15) is 0 Å². The van der Waals surface area contributed by atoms with E-state index in [1.165, 1.54) is 6.21 Å². The van der Waals surface area contributed by atoms with Crippen molar-refractivity contribution in [2.24, 2.45) is 16.6 Å². The lowest BCUT2D eigenvalue weighted by Gasteiger charge is -2.16. The molecule has 1 aromatic rings. The van der Waals surface area contributed by atoms with Crippen molar-refractivity contribution in [1.29, 1.82) is 5.41 Å². The van der Waals surface area contributed by atoms with E-state index in [1.54, 1.807) is 24.6 Å². The molecule has 2 rings (SSSR count). The largest absolute Gasteiger partial charge is 0.492 e. The quantitative estimate of drug-likeness (QED) is 0.659. The molecule has 1 heterocycles. The zero-order chi connectivity index (χ0) is 17.5. The number of rotatable bonds is 7. The van der Waals surface area contributed by atoms with Crippen LogP contribution in [0.5, 0.6) is 5.75 Å². The Labute approximate surface area is 147 Å². The Morgan fingerprint density at radius 3 is 2.83 bits per heavy atom. The molecule has 1 aliphatic rings. The van der Waals surface area contributed by atoms with E-state index in [2.05, 4.69) is 17.2 Å². The highest BCUT2D eigenvalue weighted by molar-refractivity contribution is 6.32. The van der Waals surface area contributed by atoms with Crippen molar-refractivity contribution >= 4 is 29.6 Å². The van der Waals surface area contributed by atoms with Crippen LogP contribution in [-0.4, -0.2) is 25.1 Å². The van der Waals surface area contributed by atoms with Crippen molar-refractivity contribution in [2.75, 3.05) is 6.61 Å². The third kappa shape index (κ3) is 4.94. The number of hydrogen-bond donors (Lipinski definition) is 3. The minimum absolute atomic E-state index is 0.154. The molecule has 2 unspecified atom stereocenters. The van der Waals surface area contributed by atoms with Crippen LogP contribution in [0.2, 0.25) is 5.02 Å². The molecule has 1 aliphatic heterocycles. The lowest BCUT2D eigenvalue weighted by molar-refractivity contribution is 0.246. The van der Waals surface area contributed by atoms with Crippen LogP contribution in [0.15, 0.2) is 41.3 Å². The van der Waals surface area contributed by atoms with Crippen LogP contribution in [0.3, 0.4) is 0 Å². The summed E-state index contributed by atoms with van der Waals surface area (Å²) in [5, 5.41) is 11.2. The monoisotopic (exact) mass is 346 g/mol. The minimum atomic E-state index is 0.154. The molecular weight excluding hydrogens is 324 g/mol. The molecule has 1 aromatic carbocycles. The fourth-order valence-corrected chi connectivity index (χ4v) is 2.72. The molecule has 24 heavy (non-hydrogen) atoms. The van der Waals surface area contributed by atoms with Crippen molar-refractivity contribution in [1.82, 2.24) is 5.32 Å². The molecule has 0 fully saturated rings. The number of halogens is 1. The van der Waals surface area contributed by atoms with E-state index in [1.807, 2.05) is 19.1 Å². The third-order valence-electron chi connectivity index (χ3n) is 3.55. The Kier molecular flexibility index (Phi) is 6.58. The van der Waals surface area contributed by atoms with Crippen LogP contribution in [0.25, 0.3) is 5.57 Å². The SMILES string of the molecule is CC(N)CC(C)COc1ccc(/C(C=N)=C2\N=CC=CN2)cc1Cl. The molecular formula is C18H23ClN4O. The Hall–Kier alpha value is -2.11. The summed E-state index contributed by atoms with van der Waals surface area (Å²) in [6.45, 7) is 4.65. The predicted molar refractivity (Wildman–Crippen MR) is 101 cm³/mol. The molecule has 4 N–H and O–H groups in total. The average molecular weight is 347 g/mol. The highest BCUT2D eigenvalue weighted by Crippen LogP contribution is 2.29. The number of nitrogens with one attached hydrogen (secondary N) is 2. The first kappa shape index (κ1) is 18.2. The lowest BCUT2D eigenvalue weighted by atomic mass is 10.0. The Morgan fingerprint density at radius 2 is 2.25 bits per heavy atom. The predicted octanol–water partition coefficient (Wildman–Crippen LogP) is 3.60. The summed E-state index contributed by atoms with van der Waals surface area (Å²) in [4.78, 5) is 4.24. The summed E-state index contributed by atoms with van der Waals surface area (Å²) in [5.41, 5.74) is 7.27. The summed E-state index contributed by atoms with van der Waals surface area (Å²) in [7, 11) is 0. The summed E-state index contributed by atoms with van der Waals surface area (Å²) < 4.78 is 5.80. The highest BCUT2D eigenvalue weighted by Gasteiger charge is 2.12. The maximum absolute atomic E-state index is 7.65. The Morgan fingerprint density at radius 1 is 1.46 bits per heavy atom. The maximum Gasteiger partial charge on any atom is 0.139 e. The van der Waals surface area contributed by atoms with Gasteiger partial charge >= 0.3 is 0 Å². The van der Waals surface area contributed by atoms with Gasteiger partial charge in [-0.05, 0) is 43.0 Å². The first-order chi connectivity index (χ1) is 11.5. The minimum Gasteiger partial charge on any atom is -0.492 e. The molecule has 6 heteroatoms. The normalized spacial score (nSPS) is 17.8. The van der Waals surface area contributed by atoms with Crippen molar-refractivity contribution in [3.8, 4) is 5.75 Å². The highest BCUT2D eigenvalue weighted by atomic mass is 35.5. The van der Waals surface area contributed by atoms with Gasteiger partial charge in [0.2, 0.25) is 0 Å². The third-order valence-corrected chi connectivity index (χ3v) is 3.84. The molecule has 0 bridgehead atoms.